The zero-order valence-electron chi connectivity index (χ0n) is 14.4. The largest absolute Gasteiger partial charge is 0.354 e. The number of hydrogen-bond acceptors (Lipinski definition) is 2. The Hall–Kier alpha value is -2.69. The molecule has 0 unspecified atom stereocenters. The number of amides is 2. The molecule has 0 bridgehead atoms. The minimum absolute atomic E-state index is 0.00321. The molecule has 0 spiro atoms. The van der Waals surface area contributed by atoms with E-state index in [2.05, 4.69) is 5.32 Å². The van der Waals surface area contributed by atoms with Crippen molar-refractivity contribution >= 4 is 11.8 Å². The summed E-state index contributed by atoms with van der Waals surface area (Å²) >= 11 is 0. The van der Waals surface area contributed by atoms with Crippen molar-refractivity contribution in [2.75, 3.05) is 19.6 Å². The van der Waals surface area contributed by atoms with Crippen LogP contribution in [-0.4, -0.2) is 36.3 Å². The van der Waals surface area contributed by atoms with Gasteiger partial charge in [-0.2, -0.15) is 0 Å². The van der Waals surface area contributed by atoms with Crippen LogP contribution in [0.15, 0.2) is 54.6 Å². The molecule has 4 nitrogen and oxygen atoms in total. The van der Waals surface area contributed by atoms with Gasteiger partial charge in [0.2, 0.25) is 11.8 Å². The quantitative estimate of drug-likeness (QED) is 0.802. The lowest BCUT2D eigenvalue weighted by Gasteiger charge is -2.21. The van der Waals surface area contributed by atoms with Crippen molar-refractivity contribution < 1.29 is 14.0 Å². The van der Waals surface area contributed by atoms with Crippen LogP contribution < -0.4 is 5.32 Å². The summed E-state index contributed by atoms with van der Waals surface area (Å²) in [6, 6.07) is 16.2. The van der Waals surface area contributed by atoms with Crippen molar-refractivity contribution in [1.82, 2.24) is 10.2 Å². The van der Waals surface area contributed by atoms with Crippen molar-refractivity contribution in [3.05, 3.63) is 71.5 Å². The Morgan fingerprint density at radius 3 is 2.36 bits per heavy atom. The van der Waals surface area contributed by atoms with E-state index in [1.165, 1.54) is 13.0 Å². The number of rotatable bonds is 8. The molecule has 0 aliphatic carbocycles. The minimum Gasteiger partial charge on any atom is -0.354 e. The summed E-state index contributed by atoms with van der Waals surface area (Å²) in [6.07, 6.45) is 0.764. The summed E-state index contributed by atoms with van der Waals surface area (Å²) in [5.74, 6) is -0.665. The molecule has 0 saturated carbocycles. The summed E-state index contributed by atoms with van der Waals surface area (Å²) < 4.78 is 13.5. The highest BCUT2D eigenvalue weighted by Gasteiger charge is 2.11. The van der Waals surface area contributed by atoms with E-state index in [1.54, 1.807) is 23.1 Å². The average molecular weight is 342 g/mol. The van der Waals surface area contributed by atoms with E-state index in [0.29, 0.717) is 25.2 Å². The standard InChI is InChI=1S/C20H23FN2O2/c1-16(24)23(13-11-17-7-3-2-4-8-17)14-12-22-20(25)15-18-9-5-6-10-19(18)21/h2-10H,11-15H2,1H3,(H,22,25). The van der Waals surface area contributed by atoms with Crippen molar-refractivity contribution in [1.29, 1.82) is 0 Å². The Kier molecular flexibility index (Phi) is 7.14. The molecule has 0 radical (unpaired) electrons. The maximum absolute atomic E-state index is 13.5. The van der Waals surface area contributed by atoms with Gasteiger partial charge in [-0.3, -0.25) is 9.59 Å². The Labute approximate surface area is 147 Å². The molecule has 2 amide bonds. The zero-order chi connectivity index (χ0) is 18.1. The summed E-state index contributed by atoms with van der Waals surface area (Å²) in [5.41, 5.74) is 1.53. The molecule has 0 aliphatic rings. The van der Waals surface area contributed by atoms with E-state index in [4.69, 9.17) is 0 Å². The van der Waals surface area contributed by atoms with Crippen molar-refractivity contribution in [2.24, 2.45) is 0 Å². The number of carbonyl (C=O) groups is 2. The fourth-order valence-electron chi connectivity index (χ4n) is 2.54. The van der Waals surface area contributed by atoms with Crippen molar-refractivity contribution in [2.45, 2.75) is 19.8 Å². The van der Waals surface area contributed by atoms with Crippen LogP contribution in [0.4, 0.5) is 4.39 Å². The molecule has 0 atom stereocenters. The zero-order valence-corrected chi connectivity index (χ0v) is 14.4. The smallest absolute Gasteiger partial charge is 0.224 e. The number of nitrogens with one attached hydrogen (secondary N) is 1. The molecule has 2 aromatic carbocycles. The van der Waals surface area contributed by atoms with Crippen LogP contribution in [0, 0.1) is 5.82 Å². The van der Waals surface area contributed by atoms with Gasteiger partial charge in [0.25, 0.3) is 0 Å². The predicted molar refractivity (Wildman–Crippen MR) is 95.5 cm³/mol. The third kappa shape index (κ3) is 6.37. The molecule has 0 aliphatic heterocycles. The Balaban J connectivity index is 1.76. The van der Waals surface area contributed by atoms with Crippen molar-refractivity contribution in [3.63, 3.8) is 0 Å². The highest BCUT2D eigenvalue weighted by Crippen LogP contribution is 2.06. The van der Waals surface area contributed by atoms with E-state index >= 15 is 0 Å². The SMILES string of the molecule is CC(=O)N(CCNC(=O)Cc1ccccc1F)CCc1ccccc1. The third-order valence-electron chi connectivity index (χ3n) is 3.97. The first kappa shape index (κ1) is 18.6. The number of carbonyl (C=O) groups excluding carboxylic acids is 2. The number of hydrogen-bond donors (Lipinski definition) is 1. The molecule has 25 heavy (non-hydrogen) atoms. The van der Waals surface area contributed by atoms with Gasteiger partial charge in [0, 0.05) is 26.6 Å². The normalized spacial score (nSPS) is 10.3. The van der Waals surface area contributed by atoms with Gasteiger partial charge in [-0.25, -0.2) is 4.39 Å². The predicted octanol–water partition coefficient (Wildman–Crippen LogP) is 2.58. The number of nitrogens with zero attached hydrogens (tertiary/aromatic N) is 1. The maximum Gasteiger partial charge on any atom is 0.224 e. The summed E-state index contributed by atoms with van der Waals surface area (Å²) in [6.45, 7) is 2.90. The van der Waals surface area contributed by atoms with Gasteiger partial charge in [-0.05, 0) is 23.6 Å². The topological polar surface area (TPSA) is 49.4 Å². The second kappa shape index (κ2) is 9.57. The van der Waals surface area contributed by atoms with Crippen LogP contribution in [0.5, 0.6) is 0 Å². The van der Waals surface area contributed by atoms with Gasteiger partial charge in [-0.15, -0.1) is 0 Å². The average Bonchev–Trinajstić information content (AvgIpc) is 2.60. The molecule has 2 rings (SSSR count). The highest BCUT2D eigenvalue weighted by molar-refractivity contribution is 5.78. The van der Waals surface area contributed by atoms with Gasteiger partial charge in [-0.1, -0.05) is 48.5 Å². The molecule has 0 saturated heterocycles. The van der Waals surface area contributed by atoms with Gasteiger partial charge >= 0.3 is 0 Å². The first-order valence-corrected chi connectivity index (χ1v) is 8.36. The third-order valence-corrected chi connectivity index (χ3v) is 3.97. The molecule has 1 N–H and O–H groups in total. The molecule has 0 fully saturated rings. The first-order chi connectivity index (χ1) is 12.1. The van der Waals surface area contributed by atoms with E-state index in [-0.39, 0.29) is 24.1 Å². The fraction of sp³-hybridized carbons (Fsp3) is 0.300. The highest BCUT2D eigenvalue weighted by atomic mass is 19.1. The van der Waals surface area contributed by atoms with Gasteiger partial charge in [0.1, 0.15) is 5.82 Å². The molecule has 0 heterocycles. The van der Waals surface area contributed by atoms with E-state index < -0.39 is 0 Å². The van der Waals surface area contributed by atoms with E-state index in [1.807, 2.05) is 30.3 Å². The molecular formula is C20H23FN2O2. The second-order valence-corrected chi connectivity index (χ2v) is 5.86. The van der Waals surface area contributed by atoms with Gasteiger partial charge in [0.15, 0.2) is 0 Å². The van der Waals surface area contributed by atoms with E-state index in [0.717, 1.165) is 12.0 Å². The van der Waals surface area contributed by atoms with Crippen LogP contribution in [0.2, 0.25) is 0 Å². The number of benzene rings is 2. The molecule has 0 aromatic heterocycles. The van der Waals surface area contributed by atoms with Crippen LogP contribution in [0.3, 0.4) is 0 Å². The van der Waals surface area contributed by atoms with Crippen LogP contribution >= 0.6 is 0 Å². The molecule has 5 heteroatoms. The Morgan fingerprint density at radius 1 is 1.00 bits per heavy atom. The molecular weight excluding hydrogens is 319 g/mol. The fourth-order valence-corrected chi connectivity index (χ4v) is 2.54. The summed E-state index contributed by atoms with van der Waals surface area (Å²) in [5, 5.41) is 2.74. The second-order valence-electron chi connectivity index (χ2n) is 5.86. The monoisotopic (exact) mass is 342 g/mol. The van der Waals surface area contributed by atoms with Gasteiger partial charge in [0.05, 0.1) is 6.42 Å². The van der Waals surface area contributed by atoms with Crippen molar-refractivity contribution in [3.8, 4) is 0 Å². The maximum atomic E-state index is 13.5. The Bertz CT molecular complexity index is 704. The van der Waals surface area contributed by atoms with Crippen LogP contribution in [0.25, 0.3) is 0 Å². The number of halogens is 1. The lowest BCUT2D eigenvalue weighted by molar-refractivity contribution is -0.129. The summed E-state index contributed by atoms with van der Waals surface area (Å²) in [4.78, 5) is 25.4. The molecule has 132 valence electrons. The first-order valence-electron chi connectivity index (χ1n) is 8.36. The lowest BCUT2D eigenvalue weighted by Crippen LogP contribution is -2.39. The Morgan fingerprint density at radius 2 is 1.68 bits per heavy atom. The minimum atomic E-state index is -0.383. The van der Waals surface area contributed by atoms with Crippen LogP contribution in [-0.2, 0) is 22.4 Å². The summed E-state index contributed by atoms with van der Waals surface area (Å²) in [7, 11) is 0. The lowest BCUT2D eigenvalue weighted by atomic mass is 10.1. The van der Waals surface area contributed by atoms with Gasteiger partial charge < -0.3 is 10.2 Å². The van der Waals surface area contributed by atoms with E-state index in [9.17, 15) is 14.0 Å². The van der Waals surface area contributed by atoms with Crippen LogP contribution in [0.1, 0.15) is 18.1 Å². The molecule has 2 aromatic rings.